The Morgan fingerprint density at radius 3 is 2.56 bits per heavy atom. The number of fused-ring (bicyclic) bond motifs is 2. The molecule has 5 aromatic rings. The van der Waals surface area contributed by atoms with E-state index in [0.29, 0.717) is 40.6 Å². The highest BCUT2D eigenvalue weighted by molar-refractivity contribution is 6.34. The number of imide groups is 1. The van der Waals surface area contributed by atoms with Crippen molar-refractivity contribution in [3.05, 3.63) is 75.6 Å². The number of carbonyl (C=O) groups excluding carboxylic acids is 3. The average Bonchev–Trinajstić information content (AvgIpc) is 3.77. The van der Waals surface area contributed by atoms with Gasteiger partial charge in [-0.2, -0.15) is 10.2 Å². The summed E-state index contributed by atoms with van der Waals surface area (Å²) in [4.78, 5) is 52.8. The number of aromatic nitrogens is 6. The average molecular weight is 730 g/mol. The molecule has 3 atom stereocenters. The van der Waals surface area contributed by atoms with Crippen LogP contribution in [0.25, 0.3) is 21.9 Å². The molecule has 0 spiro atoms. The second-order valence-corrected chi connectivity index (χ2v) is 15.0. The van der Waals surface area contributed by atoms with Gasteiger partial charge in [0.1, 0.15) is 12.2 Å². The van der Waals surface area contributed by atoms with Gasteiger partial charge in [0.15, 0.2) is 5.69 Å². The normalized spacial score (nSPS) is 24.4. The van der Waals surface area contributed by atoms with E-state index in [4.69, 9.17) is 16.7 Å². The predicted octanol–water partition coefficient (Wildman–Crippen LogP) is 4.87. The third-order valence-corrected chi connectivity index (χ3v) is 11.4. The summed E-state index contributed by atoms with van der Waals surface area (Å²) in [5.74, 6) is -1.09. The maximum absolute atomic E-state index is 16.1. The van der Waals surface area contributed by atoms with Crippen molar-refractivity contribution in [2.45, 2.75) is 69.1 Å². The number of alkyl halides is 1. The monoisotopic (exact) mass is 729 g/mol. The standard InChI is InChI=1S/C37H41ClFN9O4/c1-44-19-27(38)33(43-44)36(51)40-23-8-11-29-22(16-23)18-47(42-29)24-9-6-21(7-10-24)17-46-15-14-25(28(39)20-46)26-4-3-5-30-34(26)45(2)37(52)48(30)31-12-13-32(49)41-35(31)50/h3-5,8,11,16,18-19,21,24-25,28,31H,6-7,9-10,12-15,17,20H2,1-2H3,(H,40,51)(H,41,49,50)/t21?,24?,25-,28+,31?/m0/s1. The van der Waals surface area contributed by atoms with Crippen molar-refractivity contribution in [1.82, 2.24) is 38.9 Å². The smallest absolute Gasteiger partial charge is 0.321 e. The Morgan fingerprint density at radius 1 is 1.02 bits per heavy atom. The van der Waals surface area contributed by atoms with Crippen molar-refractivity contribution >= 4 is 56.9 Å². The van der Waals surface area contributed by atoms with Gasteiger partial charge in [-0.25, -0.2) is 9.18 Å². The predicted molar refractivity (Wildman–Crippen MR) is 194 cm³/mol. The molecule has 0 radical (unpaired) electrons. The molecule has 52 heavy (non-hydrogen) atoms. The quantitative estimate of drug-likeness (QED) is 0.228. The number of hydrogen-bond donors (Lipinski definition) is 2. The minimum absolute atomic E-state index is 0.166. The summed E-state index contributed by atoms with van der Waals surface area (Å²) in [6.45, 7) is 1.94. The van der Waals surface area contributed by atoms with Crippen LogP contribution >= 0.6 is 11.6 Å². The summed E-state index contributed by atoms with van der Waals surface area (Å²) >= 11 is 6.14. The van der Waals surface area contributed by atoms with Crippen LogP contribution in [-0.4, -0.2) is 77.1 Å². The SMILES string of the molecule is Cn1cc(Cl)c(C(=O)Nc2ccc3nn(C4CCC(CN5CC[C@@H](c6cccc7c6n(C)c(=O)n7C6CCC(=O)NC6=O)[C@H](F)C5)CC4)cc3c2)n1. The number of imidazole rings is 1. The van der Waals surface area contributed by atoms with E-state index in [1.165, 1.54) is 13.8 Å². The Hall–Kier alpha value is -4.82. The number of hydrogen-bond acceptors (Lipinski definition) is 7. The molecule has 2 aromatic carbocycles. The molecule has 2 aliphatic heterocycles. The Morgan fingerprint density at radius 2 is 1.83 bits per heavy atom. The lowest BCUT2D eigenvalue weighted by Crippen LogP contribution is -2.44. The second-order valence-electron chi connectivity index (χ2n) is 14.6. The van der Waals surface area contributed by atoms with Gasteiger partial charge in [-0.05, 0) is 80.8 Å². The maximum atomic E-state index is 16.1. The van der Waals surface area contributed by atoms with E-state index >= 15 is 4.39 Å². The zero-order chi connectivity index (χ0) is 36.3. The van der Waals surface area contributed by atoms with Crippen LogP contribution in [0.2, 0.25) is 5.02 Å². The molecule has 15 heteroatoms. The number of benzene rings is 2. The molecule has 0 bridgehead atoms. The lowest BCUT2D eigenvalue weighted by atomic mass is 9.83. The van der Waals surface area contributed by atoms with Gasteiger partial charge < -0.3 is 10.2 Å². The van der Waals surface area contributed by atoms with E-state index in [9.17, 15) is 19.2 Å². The molecule has 272 valence electrons. The lowest BCUT2D eigenvalue weighted by Gasteiger charge is -2.38. The number of para-hydroxylation sites is 1. The summed E-state index contributed by atoms with van der Waals surface area (Å²) < 4.78 is 22.6. The van der Waals surface area contributed by atoms with Crippen LogP contribution in [0.4, 0.5) is 10.1 Å². The molecule has 13 nitrogen and oxygen atoms in total. The molecule has 3 fully saturated rings. The Kier molecular flexibility index (Phi) is 8.98. The number of halogens is 2. The minimum atomic E-state index is -1.10. The molecule has 2 N–H and O–H groups in total. The fraction of sp³-hybridized carbons (Fsp3) is 0.459. The van der Waals surface area contributed by atoms with E-state index in [1.54, 1.807) is 26.4 Å². The zero-order valence-corrected chi connectivity index (χ0v) is 29.9. The summed E-state index contributed by atoms with van der Waals surface area (Å²) in [6, 6.07) is 10.7. The third kappa shape index (κ3) is 6.31. The number of anilines is 1. The highest BCUT2D eigenvalue weighted by Gasteiger charge is 2.36. The number of amides is 3. The first kappa shape index (κ1) is 34.3. The molecule has 2 saturated heterocycles. The number of piperidine rings is 2. The number of likely N-dealkylation sites (tertiary alicyclic amines) is 1. The van der Waals surface area contributed by atoms with Gasteiger partial charge in [-0.1, -0.05) is 23.7 Å². The van der Waals surface area contributed by atoms with Crippen molar-refractivity contribution in [2.24, 2.45) is 20.0 Å². The molecule has 3 aromatic heterocycles. The van der Waals surface area contributed by atoms with E-state index < -0.39 is 18.1 Å². The Balaban J connectivity index is 0.882. The van der Waals surface area contributed by atoms with E-state index in [2.05, 4.69) is 20.6 Å². The summed E-state index contributed by atoms with van der Waals surface area (Å²) in [6.07, 6.45) is 7.59. The maximum Gasteiger partial charge on any atom is 0.329 e. The Bertz CT molecular complexity index is 2270. The van der Waals surface area contributed by atoms with Gasteiger partial charge in [0, 0.05) is 63.0 Å². The summed E-state index contributed by atoms with van der Waals surface area (Å²) in [5.41, 5.74) is 3.36. The van der Waals surface area contributed by atoms with Crippen LogP contribution in [0.5, 0.6) is 0 Å². The minimum Gasteiger partial charge on any atom is -0.321 e. The van der Waals surface area contributed by atoms with Gasteiger partial charge in [-0.3, -0.25) is 38.2 Å². The van der Waals surface area contributed by atoms with Gasteiger partial charge in [0.25, 0.3) is 5.91 Å². The van der Waals surface area contributed by atoms with Crippen LogP contribution in [0.3, 0.4) is 0 Å². The molecule has 8 rings (SSSR count). The van der Waals surface area contributed by atoms with Crippen LogP contribution in [0, 0.1) is 5.92 Å². The highest BCUT2D eigenvalue weighted by Crippen LogP contribution is 2.38. The van der Waals surface area contributed by atoms with Gasteiger partial charge in [0.05, 0.1) is 27.6 Å². The fourth-order valence-corrected chi connectivity index (χ4v) is 8.82. The molecule has 5 heterocycles. The number of carbonyl (C=O) groups is 3. The molecular weight excluding hydrogens is 689 g/mol. The molecule has 3 amide bonds. The van der Waals surface area contributed by atoms with Gasteiger partial charge in [-0.15, -0.1) is 0 Å². The summed E-state index contributed by atoms with van der Waals surface area (Å²) in [7, 11) is 3.38. The van der Waals surface area contributed by atoms with E-state index in [1.807, 2.05) is 41.2 Å². The Labute approximate surface area is 303 Å². The number of rotatable bonds is 7. The van der Waals surface area contributed by atoms with Gasteiger partial charge in [0.2, 0.25) is 11.8 Å². The van der Waals surface area contributed by atoms with Crippen molar-refractivity contribution in [3.8, 4) is 0 Å². The van der Waals surface area contributed by atoms with E-state index in [-0.39, 0.29) is 48.0 Å². The van der Waals surface area contributed by atoms with Crippen LogP contribution in [0.15, 0.2) is 53.6 Å². The number of nitrogens with zero attached hydrogens (tertiary/aromatic N) is 7. The fourth-order valence-electron chi connectivity index (χ4n) is 8.55. The summed E-state index contributed by atoms with van der Waals surface area (Å²) in [5, 5.41) is 15.4. The molecule has 3 aliphatic rings. The number of nitrogens with one attached hydrogen (secondary N) is 2. The third-order valence-electron chi connectivity index (χ3n) is 11.2. The second kappa shape index (κ2) is 13.6. The zero-order valence-electron chi connectivity index (χ0n) is 29.1. The molecular formula is C37H41ClFN9O4. The first-order valence-corrected chi connectivity index (χ1v) is 18.3. The van der Waals surface area contributed by atoms with E-state index in [0.717, 1.165) is 55.2 Å². The van der Waals surface area contributed by atoms with Crippen molar-refractivity contribution in [2.75, 3.05) is 25.0 Å². The van der Waals surface area contributed by atoms with Crippen LogP contribution in [-0.2, 0) is 23.7 Å². The molecule has 1 saturated carbocycles. The first-order chi connectivity index (χ1) is 25.0. The van der Waals surface area contributed by atoms with Crippen molar-refractivity contribution in [3.63, 3.8) is 0 Å². The van der Waals surface area contributed by atoms with Crippen LogP contribution in [0.1, 0.15) is 79.0 Å². The van der Waals surface area contributed by atoms with Gasteiger partial charge >= 0.3 is 5.69 Å². The molecule has 1 aliphatic carbocycles. The van der Waals surface area contributed by atoms with Crippen molar-refractivity contribution < 1.29 is 18.8 Å². The lowest BCUT2D eigenvalue weighted by molar-refractivity contribution is -0.135. The first-order valence-electron chi connectivity index (χ1n) is 17.9. The van der Waals surface area contributed by atoms with Crippen molar-refractivity contribution in [1.29, 1.82) is 0 Å². The van der Waals surface area contributed by atoms with Crippen LogP contribution < -0.4 is 16.3 Å². The topological polar surface area (TPSA) is 141 Å². The molecule has 1 unspecified atom stereocenters. The number of aryl methyl sites for hydroxylation is 2. The largest absolute Gasteiger partial charge is 0.329 e. The highest BCUT2D eigenvalue weighted by atomic mass is 35.5.